The molecule has 4 aromatic heterocycles. The average molecular weight is 903 g/mol. The first-order valence-electron chi connectivity index (χ1n) is 22.2. The zero-order chi connectivity index (χ0) is 46.7. The van der Waals surface area contributed by atoms with Gasteiger partial charge in [-0.15, -0.1) is 11.8 Å². The number of methoxy groups -OCH3 is 6. The van der Waals surface area contributed by atoms with Gasteiger partial charge in [-0.1, -0.05) is 37.5 Å². The molecule has 0 unspecified atom stereocenters. The third kappa shape index (κ3) is 12.0. The van der Waals surface area contributed by atoms with E-state index < -0.39 is 0 Å². The van der Waals surface area contributed by atoms with Crippen molar-refractivity contribution >= 4 is 34.0 Å². The Kier molecular flexibility index (Phi) is 18.3. The lowest BCUT2D eigenvalue weighted by Gasteiger charge is -2.15. The maximum Gasteiger partial charge on any atom is 0.203 e. The molecule has 18 nitrogen and oxygen atoms in total. The smallest absolute Gasteiger partial charge is 0.203 e. The number of rotatable bonds is 25. The van der Waals surface area contributed by atoms with Crippen molar-refractivity contribution < 1.29 is 28.4 Å². The van der Waals surface area contributed by atoms with Crippen LogP contribution in [0, 0.1) is 23.7 Å². The van der Waals surface area contributed by atoms with Crippen LogP contribution in [-0.2, 0) is 13.1 Å². The van der Waals surface area contributed by atoms with E-state index in [9.17, 15) is 0 Å². The number of hydrogen-bond donors (Lipinski definition) is 4. The number of imidazole rings is 2. The Morgan fingerprint density at radius 2 is 0.864 bits per heavy atom. The molecule has 0 atom stereocenters. The van der Waals surface area contributed by atoms with Crippen LogP contribution in [0.5, 0.6) is 34.5 Å². The summed E-state index contributed by atoms with van der Waals surface area (Å²) in [6.07, 6.45) is 13.2. The third-order valence-electron chi connectivity index (χ3n) is 11.0. The molecule has 0 fully saturated rings. The first kappa shape index (κ1) is 48.4. The summed E-state index contributed by atoms with van der Waals surface area (Å²) in [4.78, 5) is 26.9. The van der Waals surface area contributed by atoms with Gasteiger partial charge in [-0.05, 0) is 63.0 Å². The second-order valence-corrected chi connectivity index (χ2v) is 15.3. The lowest BCUT2D eigenvalue weighted by molar-refractivity contribution is 0.324. The largest absolute Gasteiger partial charge is 0.493 e. The molecule has 2 aromatic carbocycles. The van der Waals surface area contributed by atoms with E-state index >= 15 is 0 Å². The second kappa shape index (κ2) is 24.9. The second-order valence-electron chi connectivity index (χ2n) is 15.3. The number of nitrogens with zero attached hydrogens (tertiary/aromatic N) is 8. The molecule has 0 spiro atoms. The van der Waals surface area contributed by atoms with Crippen LogP contribution in [0.15, 0.2) is 36.9 Å². The molecule has 0 saturated carbocycles. The summed E-state index contributed by atoms with van der Waals surface area (Å²) in [5.41, 5.74) is 16.4. The maximum atomic E-state index is 6.19. The molecule has 0 aliphatic rings. The number of aromatic nitrogens is 8. The van der Waals surface area contributed by atoms with Crippen LogP contribution < -0.4 is 50.5 Å². The van der Waals surface area contributed by atoms with E-state index in [-0.39, 0.29) is 0 Å². The normalized spacial score (nSPS) is 10.9. The Hall–Kier alpha value is -7.02. The molecule has 4 heterocycles. The minimum absolute atomic E-state index is 0.324. The van der Waals surface area contributed by atoms with Crippen molar-refractivity contribution in [2.24, 2.45) is 0 Å². The van der Waals surface area contributed by atoms with Gasteiger partial charge in [0.1, 0.15) is 24.3 Å². The average Bonchev–Trinajstić information content (AvgIpc) is 3.91. The number of ether oxygens (including phenoxy) is 6. The molecule has 0 aliphatic carbocycles. The lowest BCUT2D eigenvalue weighted by Crippen LogP contribution is -2.15. The highest BCUT2D eigenvalue weighted by molar-refractivity contribution is 5.87. The Labute approximate surface area is 386 Å². The summed E-state index contributed by atoms with van der Waals surface area (Å²) in [6.45, 7) is 4.57. The van der Waals surface area contributed by atoms with Crippen LogP contribution in [0.1, 0.15) is 64.2 Å². The van der Waals surface area contributed by atoms with E-state index in [0.29, 0.717) is 106 Å². The van der Waals surface area contributed by atoms with Crippen LogP contribution in [0.4, 0.5) is 11.6 Å². The first-order valence-corrected chi connectivity index (χ1v) is 22.2. The number of aryl methyl sites for hydroxylation is 2. The van der Waals surface area contributed by atoms with Crippen molar-refractivity contribution in [2.75, 3.05) is 80.3 Å². The fourth-order valence-electron chi connectivity index (χ4n) is 7.65. The third-order valence-corrected chi connectivity index (χ3v) is 11.0. The van der Waals surface area contributed by atoms with Crippen molar-refractivity contribution in [1.82, 2.24) is 49.7 Å². The van der Waals surface area contributed by atoms with Gasteiger partial charge in [0.2, 0.25) is 11.5 Å². The highest BCUT2D eigenvalue weighted by Gasteiger charge is 2.22. The van der Waals surface area contributed by atoms with Gasteiger partial charge in [0.25, 0.3) is 0 Å². The van der Waals surface area contributed by atoms with Gasteiger partial charge >= 0.3 is 0 Å². The van der Waals surface area contributed by atoms with E-state index in [0.717, 1.165) is 62.7 Å². The summed E-state index contributed by atoms with van der Waals surface area (Å²) in [5, 5.41) is 6.92. The molecule has 66 heavy (non-hydrogen) atoms. The molecule has 6 rings (SSSR count). The predicted molar refractivity (Wildman–Crippen MR) is 257 cm³/mol. The lowest BCUT2D eigenvalue weighted by atomic mass is 10.1. The number of hydrogen-bond acceptors (Lipinski definition) is 16. The van der Waals surface area contributed by atoms with Crippen LogP contribution >= 0.6 is 0 Å². The summed E-state index contributed by atoms with van der Waals surface area (Å²) < 4.78 is 37.5. The van der Waals surface area contributed by atoms with Crippen LogP contribution in [-0.4, -0.2) is 108 Å². The molecular formula is C48H62N12O6. The molecule has 0 bridgehead atoms. The van der Waals surface area contributed by atoms with E-state index in [1.54, 1.807) is 42.7 Å². The van der Waals surface area contributed by atoms with Gasteiger partial charge in [-0.2, -0.15) is 0 Å². The quantitative estimate of drug-likeness (QED) is 0.0366. The van der Waals surface area contributed by atoms with Gasteiger partial charge in [0, 0.05) is 37.1 Å². The van der Waals surface area contributed by atoms with Crippen LogP contribution in [0.25, 0.3) is 45.1 Å². The molecule has 0 amide bonds. The minimum Gasteiger partial charge on any atom is -0.493 e. The van der Waals surface area contributed by atoms with Crippen molar-refractivity contribution in [3.05, 3.63) is 36.9 Å². The maximum absolute atomic E-state index is 6.19. The van der Waals surface area contributed by atoms with E-state index in [4.69, 9.17) is 49.9 Å². The Morgan fingerprint density at radius 1 is 0.485 bits per heavy atom. The summed E-state index contributed by atoms with van der Waals surface area (Å²) in [7, 11) is 9.50. The molecular weight excluding hydrogens is 841 g/mol. The van der Waals surface area contributed by atoms with Crippen molar-refractivity contribution in [2.45, 2.75) is 77.3 Å². The van der Waals surface area contributed by atoms with Crippen molar-refractivity contribution in [1.29, 1.82) is 0 Å². The zero-order valence-electron chi connectivity index (χ0n) is 39.0. The molecule has 6 N–H and O–H groups in total. The minimum atomic E-state index is 0.324. The Bertz CT molecular complexity index is 2430. The summed E-state index contributed by atoms with van der Waals surface area (Å²) >= 11 is 0. The van der Waals surface area contributed by atoms with Gasteiger partial charge in [-0.3, -0.25) is 0 Å². The standard InChI is InChI=1S/C48H62N12O6/c1-61-35-27-33(28-36(62-2)41(35)65-5)45-57-39-43(49)53-31-55-47(39)59(45)25-19-13-11-17-23-51-21-15-9-7-8-10-16-22-52-24-18-12-14-20-26-60-46(58-40-44(50)54-32-56-48(40)60)34-29-37(63-3)42(66-6)38(30-34)64-4/h27-32,51-52H,7-10,13-16,19-26H2,1-6H3,(H2,49,53,55)(H2,50,54,56). The van der Waals surface area contributed by atoms with Crippen LogP contribution in [0.3, 0.4) is 0 Å². The van der Waals surface area contributed by atoms with Crippen molar-refractivity contribution in [3.8, 4) is 81.0 Å². The van der Waals surface area contributed by atoms with Gasteiger partial charge in [0.15, 0.2) is 57.0 Å². The zero-order valence-corrected chi connectivity index (χ0v) is 39.0. The van der Waals surface area contributed by atoms with E-state index in [1.807, 2.05) is 33.4 Å². The summed E-state index contributed by atoms with van der Waals surface area (Å²) in [6, 6.07) is 7.47. The monoisotopic (exact) mass is 902 g/mol. The van der Waals surface area contributed by atoms with E-state index in [1.165, 1.54) is 38.3 Å². The van der Waals surface area contributed by atoms with Gasteiger partial charge in [-0.25, -0.2) is 29.9 Å². The highest BCUT2D eigenvalue weighted by atomic mass is 16.5. The molecule has 350 valence electrons. The van der Waals surface area contributed by atoms with E-state index in [2.05, 4.69) is 54.3 Å². The van der Waals surface area contributed by atoms with Crippen LogP contribution in [0.2, 0.25) is 0 Å². The Balaban J connectivity index is 0.827. The molecule has 0 saturated heterocycles. The fraction of sp³-hybridized carbons (Fsp3) is 0.458. The molecule has 18 heteroatoms. The fourth-order valence-corrected chi connectivity index (χ4v) is 7.65. The molecule has 0 radical (unpaired) electrons. The Morgan fingerprint density at radius 3 is 1.23 bits per heavy atom. The number of benzene rings is 2. The number of nitrogen functional groups attached to an aromatic ring is 2. The topological polar surface area (TPSA) is 219 Å². The number of unbranched alkanes of at least 4 members (excludes halogenated alkanes) is 7. The summed E-state index contributed by atoms with van der Waals surface area (Å²) in [5.74, 6) is 18.3. The molecule has 6 aromatic rings. The highest BCUT2D eigenvalue weighted by Crippen LogP contribution is 2.43. The number of nitrogens with two attached hydrogens (primary N) is 2. The number of nitrogens with one attached hydrogen (secondary N) is 2. The SMILES string of the molecule is COc1cc(-c2nc3c(N)ncnc3n2CCCC#CCNCCCCCCCCNCC#CCCCn2c(-c3cc(OC)c(OC)c(OC)c3)nc3c(N)ncnc32)cc(OC)c1OC. The predicted octanol–water partition coefficient (Wildman–Crippen LogP) is 6.30. The van der Waals surface area contributed by atoms with Gasteiger partial charge < -0.3 is 59.7 Å². The first-order chi connectivity index (χ1) is 32.4. The van der Waals surface area contributed by atoms with Crippen molar-refractivity contribution in [3.63, 3.8) is 0 Å². The number of fused-ring (bicyclic) bond motifs is 2. The molecule has 0 aliphatic heterocycles. The number of anilines is 2. The van der Waals surface area contributed by atoms with Gasteiger partial charge in [0.05, 0.1) is 55.7 Å².